The Bertz CT molecular complexity index is 751. The zero-order chi connectivity index (χ0) is 19.2. The number of guanidine groups is 1. The Hall–Kier alpha value is -1.69. The van der Waals surface area contributed by atoms with Gasteiger partial charge in [-0.15, -0.1) is 24.0 Å². The number of halogens is 1. The normalized spacial score (nSPS) is 15.8. The van der Waals surface area contributed by atoms with Crippen molar-refractivity contribution >= 4 is 29.9 Å². The van der Waals surface area contributed by atoms with Gasteiger partial charge in [-0.25, -0.2) is 0 Å². The van der Waals surface area contributed by atoms with E-state index in [9.17, 15) is 0 Å². The Kier molecular flexibility index (Phi) is 8.67. The van der Waals surface area contributed by atoms with Crippen LogP contribution in [-0.2, 0) is 13.0 Å². The van der Waals surface area contributed by atoms with Crippen LogP contribution in [0.5, 0.6) is 0 Å². The van der Waals surface area contributed by atoms with Crippen molar-refractivity contribution in [1.82, 2.24) is 30.4 Å². The van der Waals surface area contributed by atoms with E-state index in [1.165, 1.54) is 0 Å². The van der Waals surface area contributed by atoms with Gasteiger partial charge >= 0.3 is 0 Å². The summed E-state index contributed by atoms with van der Waals surface area (Å²) in [6.07, 6.45) is 0.685. The van der Waals surface area contributed by atoms with Crippen molar-refractivity contribution in [3.05, 3.63) is 29.2 Å². The number of nitrogens with zero attached hydrogens (tertiary/aromatic N) is 6. The summed E-state index contributed by atoms with van der Waals surface area (Å²) in [6, 6.07) is 2.00. The monoisotopic (exact) mass is 503 g/mol. The van der Waals surface area contributed by atoms with E-state index >= 15 is 0 Å². The summed E-state index contributed by atoms with van der Waals surface area (Å²) in [5.74, 6) is 3.47. The van der Waals surface area contributed by atoms with Gasteiger partial charge in [0.2, 0.25) is 5.89 Å². The van der Waals surface area contributed by atoms with Gasteiger partial charge in [0.05, 0.1) is 5.69 Å². The Morgan fingerprint density at radius 3 is 2.54 bits per heavy atom. The van der Waals surface area contributed by atoms with Crippen LogP contribution in [0.15, 0.2) is 20.1 Å². The fourth-order valence-corrected chi connectivity index (χ4v) is 3.06. The second-order valence-electron chi connectivity index (χ2n) is 7.12. The molecule has 0 bridgehead atoms. The molecular formula is C18H30IN7O2. The Balaban J connectivity index is 0.00000280. The lowest BCUT2D eigenvalue weighted by Crippen LogP contribution is -2.52. The maximum Gasteiger partial charge on any atom is 0.228 e. The number of hydrogen-bond donors (Lipinski definition) is 1. The summed E-state index contributed by atoms with van der Waals surface area (Å²) >= 11 is 0. The van der Waals surface area contributed by atoms with Crippen molar-refractivity contribution in [2.24, 2.45) is 4.99 Å². The molecule has 1 N–H and O–H groups in total. The van der Waals surface area contributed by atoms with Crippen molar-refractivity contribution in [3.8, 4) is 0 Å². The molecule has 0 unspecified atom stereocenters. The Labute approximate surface area is 182 Å². The number of aryl methyl sites for hydroxylation is 1. The van der Waals surface area contributed by atoms with E-state index in [-0.39, 0.29) is 29.9 Å². The van der Waals surface area contributed by atoms with Crippen molar-refractivity contribution in [3.63, 3.8) is 0 Å². The summed E-state index contributed by atoms with van der Waals surface area (Å²) in [4.78, 5) is 13.5. The predicted octanol–water partition coefficient (Wildman–Crippen LogP) is 2.04. The van der Waals surface area contributed by atoms with Gasteiger partial charge < -0.3 is 19.3 Å². The highest BCUT2D eigenvalue weighted by atomic mass is 127. The van der Waals surface area contributed by atoms with Gasteiger partial charge in [-0.1, -0.05) is 24.2 Å². The van der Waals surface area contributed by atoms with Crippen LogP contribution >= 0.6 is 24.0 Å². The molecule has 1 saturated heterocycles. The van der Waals surface area contributed by atoms with Crippen molar-refractivity contribution in [1.29, 1.82) is 0 Å². The van der Waals surface area contributed by atoms with E-state index in [0.29, 0.717) is 18.9 Å². The SMILES string of the molecule is CN=C(NCCc1nc(C(C)C)no1)N1CCN(Cc2cc(C)on2)CC1.I. The molecule has 0 atom stereocenters. The molecule has 0 radical (unpaired) electrons. The van der Waals surface area contributed by atoms with Gasteiger partial charge in [-0.05, 0) is 6.92 Å². The standard InChI is InChI=1S/C18H29N7O2.HI/c1-13(2)17-21-16(27-23-17)5-6-20-18(19-4)25-9-7-24(8-10-25)12-15-11-14(3)26-22-15;/h11,13H,5-10,12H2,1-4H3,(H,19,20);1H. The van der Waals surface area contributed by atoms with Crippen LogP contribution in [0.2, 0.25) is 0 Å². The second-order valence-corrected chi connectivity index (χ2v) is 7.12. The van der Waals surface area contributed by atoms with E-state index in [0.717, 1.165) is 56.0 Å². The Morgan fingerprint density at radius 2 is 1.96 bits per heavy atom. The highest BCUT2D eigenvalue weighted by Crippen LogP contribution is 2.10. The van der Waals surface area contributed by atoms with Crippen molar-refractivity contribution in [2.75, 3.05) is 39.8 Å². The molecule has 1 aliphatic rings. The van der Waals surface area contributed by atoms with Gasteiger partial charge in [0.25, 0.3) is 0 Å². The van der Waals surface area contributed by atoms with Gasteiger partial charge in [0, 0.05) is 64.7 Å². The zero-order valence-electron chi connectivity index (χ0n) is 17.0. The van der Waals surface area contributed by atoms with E-state index in [1.807, 2.05) is 20.0 Å². The number of aliphatic imine (C=N–C) groups is 1. The summed E-state index contributed by atoms with van der Waals surface area (Å²) < 4.78 is 10.4. The molecule has 0 aromatic carbocycles. The molecule has 10 heteroatoms. The van der Waals surface area contributed by atoms with Gasteiger partial charge in [0.15, 0.2) is 11.8 Å². The fraction of sp³-hybridized carbons (Fsp3) is 0.667. The summed E-state index contributed by atoms with van der Waals surface area (Å²) in [5.41, 5.74) is 0.990. The van der Waals surface area contributed by atoms with Crippen LogP contribution < -0.4 is 5.32 Å². The number of aromatic nitrogens is 3. The smallest absolute Gasteiger partial charge is 0.228 e. The largest absolute Gasteiger partial charge is 0.361 e. The van der Waals surface area contributed by atoms with Crippen molar-refractivity contribution < 1.29 is 9.05 Å². The van der Waals surface area contributed by atoms with Crippen LogP contribution in [0.25, 0.3) is 0 Å². The lowest BCUT2D eigenvalue weighted by atomic mass is 10.2. The predicted molar refractivity (Wildman–Crippen MR) is 117 cm³/mol. The van der Waals surface area contributed by atoms with Gasteiger partial charge in [-0.3, -0.25) is 9.89 Å². The Morgan fingerprint density at radius 1 is 1.21 bits per heavy atom. The molecule has 28 heavy (non-hydrogen) atoms. The number of piperazine rings is 1. The molecule has 9 nitrogen and oxygen atoms in total. The number of hydrogen-bond acceptors (Lipinski definition) is 7. The van der Waals surface area contributed by atoms with Gasteiger partial charge in [0.1, 0.15) is 5.76 Å². The molecular weight excluding hydrogens is 473 g/mol. The third kappa shape index (κ3) is 6.16. The first-order valence-electron chi connectivity index (χ1n) is 9.47. The fourth-order valence-electron chi connectivity index (χ4n) is 3.06. The average molecular weight is 503 g/mol. The maximum atomic E-state index is 5.28. The lowest BCUT2D eigenvalue weighted by molar-refractivity contribution is 0.169. The number of rotatable bonds is 6. The first-order chi connectivity index (χ1) is 13.0. The van der Waals surface area contributed by atoms with E-state index in [2.05, 4.69) is 49.3 Å². The average Bonchev–Trinajstić information content (AvgIpc) is 3.29. The van der Waals surface area contributed by atoms with Crippen LogP contribution in [0, 0.1) is 6.92 Å². The molecule has 2 aromatic heterocycles. The minimum atomic E-state index is 0. The molecule has 0 saturated carbocycles. The molecule has 156 valence electrons. The third-order valence-electron chi connectivity index (χ3n) is 4.57. The molecule has 3 heterocycles. The number of nitrogens with one attached hydrogen (secondary N) is 1. The molecule has 2 aromatic rings. The minimum absolute atomic E-state index is 0. The first-order valence-corrected chi connectivity index (χ1v) is 9.47. The molecule has 0 aliphatic carbocycles. The van der Waals surface area contributed by atoms with Crippen LogP contribution in [0.4, 0.5) is 0 Å². The third-order valence-corrected chi connectivity index (χ3v) is 4.57. The maximum absolute atomic E-state index is 5.28. The summed E-state index contributed by atoms with van der Waals surface area (Å²) in [6.45, 7) is 11.3. The van der Waals surface area contributed by atoms with Crippen molar-refractivity contribution in [2.45, 2.75) is 39.7 Å². The molecule has 1 fully saturated rings. The quantitative estimate of drug-likeness (QED) is 0.364. The van der Waals surface area contributed by atoms with E-state index < -0.39 is 0 Å². The molecule has 0 spiro atoms. The first kappa shape index (κ1) is 22.6. The highest BCUT2D eigenvalue weighted by molar-refractivity contribution is 14.0. The summed E-state index contributed by atoms with van der Waals surface area (Å²) in [7, 11) is 1.82. The van der Waals surface area contributed by atoms with E-state index in [1.54, 1.807) is 0 Å². The molecule has 3 rings (SSSR count). The summed E-state index contributed by atoms with van der Waals surface area (Å²) in [5, 5.41) is 11.5. The van der Waals surface area contributed by atoms with E-state index in [4.69, 9.17) is 9.05 Å². The lowest BCUT2D eigenvalue weighted by Gasteiger charge is -2.36. The topological polar surface area (TPSA) is 95.8 Å². The zero-order valence-corrected chi connectivity index (χ0v) is 19.3. The molecule has 0 amide bonds. The van der Waals surface area contributed by atoms with Crippen LogP contribution in [-0.4, -0.2) is 70.8 Å². The van der Waals surface area contributed by atoms with Crippen LogP contribution in [0.1, 0.15) is 42.9 Å². The minimum Gasteiger partial charge on any atom is -0.361 e. The highest BCUT2D eigenvalue weighted by Gasteiger charge is 2.20. The van der Waals surface area contributed by atoms with Gasteiger partial charge in [-0.2, -0.15) is 4.98 Å². The molecule has 1 aliphatic heterocycles. The van der Waals surface area contributed by atoms with Crippen LogP contribution in [0.3, 0.4) is 0 Å². The second kappa shape index (κ2) is 10.7.